The molecule has 0 aromatic heterocycles. The van der Waals surface area contributed by atoms with Crippen molar-refractivity contribution in [3.05, 3.63) is 35.4 Å². The molecule has 0 N–H and O–H groups in total. The van der Waals surface area contributed by atoms with Gasteiger partial charge in [0.05, 0.1) is 5.88 Å². The number of esters is 1. The Bertz CT molecular complexity index is 372. The Hall–Kier alpha value is -1.02. The molecule has 15 heavy (non-hydrogen) atoms. The number of hydrogen-bond donors (Lipinski definition) is 0. The van der Waals surface area contributed by atoms with E-state index in [0.29, 0.717) is 18.7 Å². The fourth-order valence-electron chi connectivity index (χ4n) is 1.86. The van der Waals surface area contributed by atoms with Crippen molar-refractivity contribution in [2.24, 2.45) is 0 Å². The minimum absolute atomic E-state index is 0.156. The van der Waals surface area contributed by atoms with E-state index in [9.17, 15) is 4.79 Å². The summed E-state index contributed by atoms with van der Waals surface area (Å²) < 4.78 is 5.35. The molecule has 0 radical (unpaired) electrons. The van der Waals surface area contributed by atoms with E-state index in [1.807, 2.05) is 31.2 Å². The molecular formula is C12H13ClO2. The number of benzene rings is 1. The van der Waals surface area contributed by atoms with Gasteiger partial charge < -0.3 is 4.74 Å². The zero-order chi connectivity index (χ0) is 10.9. The lowest BCUT2D eigenvalue weighted by atomic mass is 9.92. The van der Waals surface area contributed by atoms with Gasteiger partial charge in [0.25, 0.3) is 0 Å². The van der Waals surface area contributed by atoms with E-state index in [1.54, 1.807) is 0 Å². The molecule has 0 saturated carbocycles. The third-order valence-electron chi connectivity index (χ3n) is 2.84. The predicted molar refractivity (Wildman–Crippen MR) is 58.9 cm³/mol. The van der Waals surface area contributed by atoms with Crippen molar-refractivity contribution < 1.29 is 9.53 Å². The van der Waals surface area contributed by atoms with Crippen LogP contribution in [0.2, 0.25) is 0 Å². The fourth-order valence-corrected chi connectivity index (χ4v) is 2.20. The van der Waals surface area contributed by atoms with Crippen molar-refractivity contribution >= 4 is 17.6 Å². The van der Waals surface area contributed by atoms with Gasteiger partial charge in [-0.15, -0.1) is 11.6 Å². The van der Waals surface area contributed by atoms with Crippen molar-refractivity contribution in [2.75, 3.05) is 5.88 Å². The first-order valence-corrected chi connectivity index (χ1v) is 5.55. The molecule has 1 aromatic carbocycles. The van der Waals surface area contributed by atoms with E-state index in [1.165, 1.54) is 5.56 Å². The van der Waals surface area contributed by atoms with Gasteiger partial charge in [0, 0.05) is 12.8 Å². The number of ether oxygens (including phenoxy) is 1. The van der Waals surface area contributed by atoms with Gasteiger partial charge in [0.1, 0.15) is 0 Å². The molecule has 1 fully saturated rings. The van der Waals surface area contributed by atoms with Gasteiger partial charge >= 0.3 is 5.97 Å². The monoisotopic (exact) mass is 224 g/mol. The molecule has 2 nitrogen and oxygen atoms in total. The van der Waals surface area contributed by atoms with Crippen LogP contribution in [0, 0.1) is 6.92 Å². The van der Waals surface area contributed by atoms with Gasteiger partial charge in [0.15, 0.2) is 5.60 Å². The Labute approximate surface area is 94.2 Å². The molecule has 1 atom stereocenters. The summed E-state index contributed by atoms with van der Waals surface area (Å²) in [6.07, 6.45) is 1.14. The molecular weight excluding hydrogens is 212 g/mol. The second-order valence-corrected chi connectivity index (χ2v) is 4.24. The molecule has 1 unspecified atom stereocenters. The fraction of sp³-hybridized carbons (Fsp3) is 0.417. The highest BCUT2D eigenvalue weighted by Crippen LogP contribution is 2.37. The topological polar surface area (TPSA) is 26.3 Å². The lowest BCUT2D eigenvalue weighted by Crippen LogP contribution is -2.27. The van der Waals surface area contributed by atoms with E-state index in [4.69, 9.17) is 16.3 Å². The van der Waals surface area contributed by atoms with Gasteiger partial charge in [-0.2, -0.15) is 0 Å². The highest BCUT2D eigenvalue weighted by atomic mass is 35.5. The summed E-state index contributed by atoms with van der Waals surface area (Å²) in [5.74, 6) is 0.165. The molecule has 1 saturated heterocycles. The van der Waals surface area contributed by atoms with Crippen molar-refractivity contribution in [1.82, 2.24) is 0 Å². The number of aryl methyl sites for hydroxylation is 1. The number of alkyl halides is 1. The largest absolute Gasteiger partial charge is 0.453 e. The summed E-state index contributed by atoms with van der Waals surface area (Å²) in [4.78, 5) is 11.2. The lowest BCUT2D eigenvalue weighted by Gasteiger charge is -2.25. The first-order valence-electron chi connectivity index (χ1n) is 5.01. The number of carbonyl (C=O) groups is 1. The zero-order valence-corrected chi connectivity index (χ0v) is 9.38. The summed E-state index contributed by atoms with van der Waals surface area (Å²) >= 11 is 5.93. The minimum Gasteiger partial charge on any atom is -0.453 e. The second kappa shape index (κ2) is 3.86. The first-order chi connectivity index (χ1) is 7.16. The standard InChI is InChI=1S/C12H13ClO2/c1-9-2-4-10(5-3-9)12(8-13)7-6-11(14)15-12/h2-5H,6-8H2,1H3. The summed E-state index contributed by atoms with van der Waals surface area (Å²) in [6, 6.07) is 7.98. The SMILES string of the molecule is Cc1ccc(C2(CCl)CCC(=O)O2)cc1. The summed E-state index contributed by atoms with van der Waals surface area (Å²) in [5.41, 5.74) is 1.59. The molecule has 3 heteroatoms. The predicted octanol–water partition coefficient (Wildman–Crippen LogP) is 2.77. The summed E-state index contributed by atoms with van der Waals surface area (Å²) in [5, 5.41) is 0. The van der Waals surface area contributed by atoms with Gasteiger partial charge in [-0.05, 0) is 12.5 Å². The van der Waals surface area contributed by atoms with Gasteiger partial charge in [-0.25, -0.2) is 0 Å². The van der Waals surface area contributed by atoms with Crippen LogP contribution < -0.4 is 0 Å². The van der Waals surface area contributed by atoms with Crippen molar-refractivity contribution in [1.29, 1.82) is 0 Å². The molecule has 1 heterocycles. The van der Waals surface area contributed by atoms with Crippen LogP contribution >= 0.6 is 11.6 Å². The van der Waals surface area contributed by atoms with E-state index in [0.717, 1.165) is 5.56 Å². The molecule has 0 spiro atoms. The van der Waals surface area contributed by atoms with Gasteiger partial charge in [0.2, 0.25) is 0 Å². The van der Waals surface area contributed by atoms with Crippen molar-refractivity contribution in [3.63, 3.8) is 0 Å². The maximum Gasteiger partial charge on any atom is 0.306 e. The Morgan fingerprint density at radius 3 is 2.53 bits per heavy atom. The van der Waals surface area contributed by atoms with Crippen molar-refractivity contribution in [3.8, 4) is 0 Å². The first kappa shape index (κ1) is 10.5. The zero-order valence-electron chi connectivity index (χ0n) is 8.63. The van der Waals surface area contributed by atoms with Crippen LogP contribution in [-0.4, -0.2) is 11.8 Å². The molecule has 1 aliphatic heterocycles. The molecule has 0 aliphatic carbocycles. The Morgan fingerprint density at radius 2 is 2.07 bits per heavy atom. The summed E-state index contributed by atoms with van der Waals surface area (Å²) in [7, 11) is 0. The maximum atomic E-state index is 11.2. The van der Waals surface area contributed by atoms with Gasteiger partial charge in [-0.3, -0.25) is 4.79 Å². The highest BCUT2D eigenvalue weighted by Gasteiger charge is 2.41. The number of rotatable bonds is 2. The number of carbonyl (C=O) groups excluding carboxylic acids is 1. The molecule has 2 rings (SSSR count). The minimum atomic E-state index is -0.591. The Morgan fingerprint density at radius 1 is 1.40 bits per heavy atom. The van der Waals surface area contributed by atoms with Crippen LogP contribution in [0.3, 0.4) is 0 Å². The van der Waals surface area contributed by atoms with Crippen molar-refractivity contribution in [2.45, 2.75) is 25.4 Å². The lowest BCUT2D eigenvalue weighted by molar-refractivity contribution is -0.147. The highest BCUT2D eigenvalue weighted by molar-refractivity contribution is 6.18. The Kier molecular flexibility index (Phi) is 2.70. The van der Waals surface area contributed by atoms with E-state index < -0.39 is 5.60 Å². The quantitative estimate of drug-likeness (QED) is 0.571. The Balaban J connectivity index is 2.34. The van der Waals surface area contributed by atoms with E-state index >= 15 is 0 Å². The van der Waals surface area contributed by atoms with Crippen LogP contribution in [0.25, 0.3) is 0 Å². The molecule has 1 aliphatic rings. The maximum absolute atomic E-state index is 11.2. The third kappa shape index (κ3) is 1.86. The van der Waals surface area contributed by atoms with Gasteiger partial charge in [-0.1, -0.05) is 29.8 Å². The van der Waals surface area contributed by atoms with Crippen LogP contribution in [0.15, 0.2) is 24.3 Å². The summed E-state index contributed by atoms with van der Waals surface area (Å²) in [6.45, 7) is 2.03. The van der Waals surface area contributed by atoms with Crippen LogP contribution in [0.5, 0.6) is 0 Å². The van der Waals surface area contributed by atoms with E-state index in [2.05, 4.69) is 0 Å². The number of halogens is 1. The molecule has 0 amide bonds. The average molecular weight is 225 g/mol. The average Bonchev–Trinajstić information content (AvgIpc) is 2.62. The van der Waals surface area contributed by atoms with Crippen LogP contribution in [0.4, 0.5) is 0 Å². The van der Waals surface area contributed by atoms with Crippen LogP contribution in [0.1, 0.15) is 24.0 Å². The normalized spacial score (nSPS) is 25.3. The third-order valence-corrected chi connectivity index (χ3v) is 3.27. The van der Waals surface area contributed by atoms with Crippen LogP contribution in [-0.2, 0) is 15.1 Å². The smallest absolute Gasteiger partial charge is 0.306 e. The van der Waals surface area contributed by atoms with E-state index in [-0.39, 0.29) is 5.97 Å². The number of hydrogen-bond acceptors (Lipinski definition) is 2. The number of cyclic esters (lactones) is 1. The molecule has 0 bridgehead atoms. The molecule has 80 valence electrons. The second-order valence-electron chi connectivity index (χ2n) is 3.97. The molecule has 1 aromatic rings.